The maximum atomic E-state index is 11.0. The highest BCUT2D eigenvalue weighted by atomic mass is 16.6. The maximum Gasteiger partial charge on any atom is 0.320 e. The first-order chi connectivity index (χ1) is 14.3. The van der Waals surface area contributed by atoms with E-state index in [0.717, 1.165) is 0 Å². The summed E-state index contributed by atoms with van der Waals surface area (Å²) in [7, 11) is 0. The van der Waals surface area contributed by atoms with Crippen LogP contribution in [0.25, 0.3) is 11.2 Å². The molecular weight excluding hydrogens is 396 g/mol. The van der Waals surface area contributed by atoms with Gasteiger partial charge in [0, 0.05) is 19.1 Å². The Labute approximate surface area is 172 Å². The van der Waals surface area contributed by atoms with Gasteiger partial charge in [-0.3, -0.25) is 9.36 Å². The van der Waals surface area contributed by atoms with Gasteiger partial charge in [0.1, 0.15) is 30.1 Å². The Kier molecular flexibility index (Phi) is 7.12. The first kappa shape index (κ1) is 22.3. The van der Waals surface area contributed by atoms with Gasteiger partial charge in [-0.1, -0.05) is 0 Å². The van der Waals surface area contributed by atoms with Crippen molar-refractivity contribution in [2.45, 2.75) is 55.9 Å². The van der Waals surface area contributed by atoms with E-state index >= 15 is 0 Å². The number of imidazole rings is 1. The number of aliphatic hydroxyl groups excluding tert-OH is 2. The van der Waals surface area contributed by atoms with E-state index in [1.54, 1.807) is 0 Å². The number of nitrogen functional groups attached to an aromatic ring is 1. The van der Waals surface area contributed by atoms with Gasteiger partial charge in [-0.05, 0) is 19.3 Å². The number of fused-ring (bicyclic) bond motifs is 1. The smallest absolute Gasteiger partial charge is 0.320 e. The van der Waals surface area contributed by atoms with Gasteiger partial charge in [0.2, 0.25) is 0 Å². The molecule has 3 heterocycles. The van der Waals surface area contributed by atoms with Gasteiger partial charge < -0.3 is 42.6 Å². The van der Waals surface area contributed by atoms with Crippen molar-refractivity contribution < 1.29 is 24.9 Å². The fourth-order valence-corrected chi connectivity index (χ4v) is 3.59. The van der Waals surface area contributed by atoms with E-state index in [1.807, 2.05) is 0 Å². The monoisotopic (exact) mass is 424 g/mol. The molecule has 1 aliphatic heterocycles. The van der Waals surface area contributed by atoms with Crippen LogP contribution in [0.15, 0.2) is 12.7 Å². The van der Waals surface area contributed by atoms with E-state index in [1.165, 1.54) is 17.2 Å². The van der Waals surface area contributed by atoms with E-state index in [9.17, 15) is 15.0 Å². The number of nitrogens with zero attached hydrogens (tertiary/aromatic N) is 4. The van der Waals surface area contributed by atoms with Gasteiger partial charge in [0.15, 0.2) is 17.7 Å². The lowest BCUT2D eigenvalue weighted by Crippen LogP contribution is -2.41. The van der Waals surface area contributed by atoms with Crippen LogP contribution < -0.4 is 22.5 Å². The van der Waals surface area contributed by atoms with Crippen molar-refractivity contribution in [3.05, 3.63) is 12.7 Å². The average Bonchev–Trinajstić information content (AvgIpc) is 3.26. The van der Waals surface area contributed by atoms with Crippen molar-refractivity contribution in [2.24, 2.45) is 11.5 Å². The summed E-state index contributed by atoms with van der Waals surface area (Å²) in [6.07, 6.45) is -0.295. The summed E-state index contributed by atoms with van der Waals surface area (Å²) in [4.78, 5) is 23.2. The molecular formula is C17H28N8O5. The molecule has 0 saturated carbocycles. The molecule has 0 aromatic carbocycles. The van der Waals surface area contributed by atoms with Gasteiger partial charge in [-0.2, -0.15) is 0 Å². The third kappa shape index (κ3) is 4.66. The summed E-state index contributed by atoms with van der Waals surface area (Å²) in [5.41, 5.74) is 17.7. The van der Waals surface area contributed by atoms with Gasteiger partial charge in [-0.15, -0.1) is 0 Å². The Morgan fingerprint density at radius 2 is 2.03 bits per heavy atom. The lowest BCUT2D eigenvalue weighted by Gasteiger charge is -2.24. The number of carbonyl (C=O) groups is 1. The molecule has 1 fully saturated rings. The number of nitrogens with one attached hydrogen (secondary N) is 1. The molecule has 0 aliphatic carbocycles. The fraction of sp³-hybridized carbons (Fsp3) is 0.647. The molecule has 0 amide bonds. The molecule has 10 N–H and O–H groups in total. The van der Waals surface area contributed by atoms with Crippen molar-refractivity contribution in [1.82, 2.24) is 24.8 Å². The van der Waals surface area contributed by atoms with Crippen LogP contribution in [-0.4, -0.2) is 84.3 Å². The number of carboxylic acid groups (broad SMARTS) is 1. The zero-order valence-corrected chi connectivity index (χ0v) is 16.3. The molecule has 2 aromatic heterocycles. The molecule has 13 heteroatoms. The van der Waals surface area contributed by atoms with Crippen molar-refractivity contribution in [3.8, 4) is 0 Å². The third-order valence-electron chi connectivity index (χ3n) is 5.24. The van der Waals surface area contributed by atoms with Crippen molar-refractivity contribution in [3.63, 3.8) is 0 Å². The lowest BCUT2D eigenvalue weighted by atomic mass is 9.98. The predicted octanol–water partition coefficient (Wildman–Crippen LogP) is -2.47. The molecule has 0 spiro atoms. The second-order valence-corrected chi connectivity index (χ2v) is 7.33. The second-order valence-electron chi connectivity index (χ2n) is 7.33. The Morgan fingerprint density at radius 3 is 2.73 bits per heavy atom. The molecule has 2 aromatic rings. The van der Waals surface area contributed by atoms with E-state index in [2.05, 4.69) is 20.3 Å². The van der Waals surface area contributed by atoms with Gasteiger partial charge in [0.25, 0.3) is 0 Å². The van der Waals surface area contributed by atoms with E-state index < -0.39 is 36.6 Å². The number of nitrogens with two attached hydrogens (primary N) is 3. The summed E-state index contributed by atoms with van der Waals surface area (Å²) in [6.45, 7) is 0.896. The Morgan fingerprint density at radius 1 is 1.27 bits per heavy atom. The van der Waals surface area contributed by atoms with Crippen LogP contribution in [0.1, 0.15) is 25.5 Å². The maximum absolute atomic E-state index is 11.0. The minimum absolute atomic E-state index is 0.198. The molecule has 1 saturated heterocycles. The highest BCUT2D eigenvalue weighted by molar-refractivity contribution is 5.81. The quantitative estimate of drug-likeness (QED) is 0.211. The summed E-state index contributed by atoms with van der Waals surface area (Å²) in [5.74, 6) is -0.877. The first-order valence-electron chi connectivity index (χ1n) is 9.70. The van der Waals surface area contributed by atoms with E-state index in [4.69, 9.17) is 27.0 Å². The topological polar surface area (TPSA) is 221 Å². The van der Waals surface area contributed by atoms with Crippen molar-refractivity contribution in [1.29, 1.82) is 0 Å². The standard InChI is InChI=1S/C17H28N8O5/c18-3-4-21-8(1-2-9(19)17(28)29)5-10-12(26)13(27)16(30-10)25-7-24-11-14(20)22-6-23-15(11)25/h6-10,12-13,16,21,26-27H,1-5,18-19H2,(H,28,29)(H2,20,22,23)/t8-,9-,10+,12-,13-,16+/m0/s1. The van der Waals surface area contributed by atoms with Crippen molar-refractivity contribution in [2.75, 3.05) is 18.8 Å². The molecule has 13 nitrogen and oxygen atoms in total. The number of hydrogen-bond acceptors (Lipinski definition) is 11. The first-order valence-corrected chi connectivity index (χ1v) is 9.70. The molecule has 1 aliphatic rings. The lowest BCUT2D eigenvalue weighted by molar-refractivity contribution is -0.138. The summed E-state index contributed by atoms with van der Waals surface area (Å²) >= 11 is 0. The SMILES string of the molecule is NCCN[C@@H](CC[C@H](N)C(=O)O)C[C@H]1O[C@@H](n2cnc3c(N)ncnc32)[C@@H](O)[C@H]1O. The Hall–Kier alpha value is -2.42. The van der Waals surface area contributed by atoms with Crippen molar-refractivity contribution >= 4 is 23.0 Å². The summed E-state index contributed by atoms with van der Waals surface area (Å²) < 4.78 is 7.45. The van der Waals surface area contributed by atoms with Crippen LogP contribution in [0.5, 0.6) is 0 Å². The predicted molar refractivity (Wildman–Crippen MR) is 106 cm³/mol. The average molecular weight is 424 g/mol. The number of aromatic nitrogens is 4. The molecule has 0 bridgehead atoms. The number of aliphatic hydroxyl groups is 2. The molecule has 0 unspecified atom stereocenters. The van der Waals surface area contributed by atoms with Crippen LogP contribution in [0.2, 0.25) is 0 Å². The highest BCUT2D eigenvalue weighted by Crippen LogP contribution is 2.34. The molecule has 6 atom stereocenters. The fourth-order valence-electron chi connectivity index (χ4n) is 3.59. The second kappa shape index (κ2) is 9.59. The summed E-state index contributed by atoms with van der Waals surface area (Å²) in [5, 5.41) is 33.3. The normalized spacial score (nSPS) is 26.1. The largest absolute Gasteiger partial charge is 0.480 e. The zero-order valence-electron chi connectivity index (χ0n) is 16.3. The number of carboxylic acids is 1. The van der Waals surface area contributed by atoms with Gasteiger partial charge in [0.05, 0.1) is 12.4 Å². The van der Waals surface area contributed by atoms with Crippen LogP contribution in [-0.2, 0) is 9.53 Å². The van der Waals surface area contributed by atoms with Gasteiger partial charge >= 0.3 is 5.97 Å². The number of anilines is 1. The molecule has 166 valence electrons. The molecule has 0 radical (unpaired) electrons. The number of rotatable bonds is 10. The molecule has 3 rings (SSSR count). The number of ether oxygens (including phenoxy) is 1. The minimum Gasteiger partial charge on any atom is -0.480 e. The number of aliphatic carboxylic acids is 1. The Bertz CT molecular complexity index is 864. The van der Waals surface area contributed by atoms with Crippen LogP contribution in [0, 0.1) is 0 Å². The van der Waals surface area contributed by atoms with Crippen LogP contribution >= 0.6 is 0 Å². The number of hydrogen-bond donors (Lipinski definition) is 7. The Balaban J connectivity index is 1.72. The van der Waals surface area contributed by atoms with Crippen LogP contribution in [0.4, 0.5) is 5.82 Å². The van der Waals surface area contributed by atoms with Crippen LogP contribution in [0.3, 0.4) is 0 Å². The van der Waals surface area contributed by atoms with Gasteiger partial charge in [-0.25, -0.2) is 15.0 Å². The van der Waals surface area contributed by atoms with E-state index in [0.29, 0.717) is 37.1 Å². The highest BCUT2D eigenvalue weighted by Gasteiger charge is 2.45. The molecule has 30 heavy (non-hydrogen) atoms. The minimum atomic E-state index is -1.22. The summed E-state index contributed by atoms with van der Waals surface area (Å²) in [6, 6.07) is -1.19. The zero-order chi connectivity index (χ0) is 21.8. The third-order valence-corrected chi connectivity index (χ3v) is 5.24. The van der Waals surface area contributed by atoms with E-state index in [-0.39, 0.29) is 18.3 Å².